The standard InChI is InChI=1S/C19H22FNO3/c1-22-17-10-13(11-18(23-2)19(17)24-3)12-21-9-8-16(21)14-4-6-15(20)7-5-14/h4-7,10-11,16H,8-9,12H2,1-3H3/t16-/m1/s1. The van der Waals surface area contributed by atoms with E-state index in [2.05, 4.69) is 4.90 Å². The van der Waals surface area contributed by atoms with E-state index in [0.29, 0.717) is 23.3 Å². The molecule has 1 atom stereocenters. The Morgan fingerprint density at radius 2 is 1.62 bits per heavy atom. The molecule has 1 saturated heterocycles. The Bertz CT molecular complexity index is 677. The molecule has 1 fully saturated rings. The number of ether oxygens (including phenoxy) is 3. The number of hydrogen-bond donors (Lipinski definition) is 0. The van der Waals surface area contributed by atoms with E-state index in [0.717, 1.165) is 30.6 Å². The first-order valence-corrected chi connectivity index (χ1v) is 7.94. The third kappa shape index (κ3) is 3.17. The minimum atomic E-state index is -0.200. The maximum absolute atomic E-state index is 13.1. The molecule has 24 heavy (non-hydrogen) atoms. The Morgan fingerprint density at radius 1 is 1.00 bits per heavy atom. The van der Waals surface area contributed by atoms with Crippen molar-refractivity contribution in [2.45, 2.75) is 19.0 Å². The zero-order valence-corrected chi connectivity index (χ0v) is 14.2. The van der Waals surface area contributed by atoms with Crippen molar-refractivity contribution in [2.24, 2.45) is 0 Å². The lowest BCUT2D eigenvalue weighted by Crippen LogP contribution is -2.40. The lowest BCUT2D eigenvalue weighted by Gasteiger charge is -2.41. The number of rotatable bonds is 6. The minimum Gasteiger partial charge on any atom is -0.493 e. The van der Waals surface area contributed by atoms with Crippen LogP contribution in [0.1, 0.15) is 23.6 Å². The Balaban J connectivity index is 1.79. The lowest BCUT2D eigenvalue weighted by molar-refractivity contribution is 0.0816. The molecule has 0 saturated carbocycles. The van der Waals surface area contributed by atoms with Gasteiger partial charge in [0.2, 0.25) is 5.75 Å². The van der Waals surface area contributed by atoms with E-state index < -0.39 is 0 Å². The molecule has 3 rings (SSSR count). The molecule has 128 valence electrons. The third-order valence-corrected chi connectivity index (χ3v) is 4.50. The first-order chi connectivity index (χ1) is 11.7. The summed E-state index contributed by atoms with van der Waals surface area (Å²) in [5, 5.41) is 0. The van der Waals surface area contributed by atoms with Gasteiger partial charge in [0.25, 0.3) is 0 Å². The van der Waals surface area contributed by atoms with Gasteiger partial charge in [-0.3, -0.25) is 4.90 Å². The second-order valence-electron chi connectivity index (χ2n) is 5.86. The molecule has 0 bridgehead atoms. The van der Waals surface area contributed by atoms with Crippen LogP contribution in [-0.4, -0.2) is 32.8 Å². The van der Waals surface area contributed by atoms with Gasteiger partial charge >= 0.3 is 0 Å². The molecule has 0 amide bonds. The predicted octanol–water partition coefficient (Wildman–Crippen LogP) is 3.80. The first-order valence-electron chi connectivity index (χ1n) is 7.94. The fourth-order valence-corrected chi connectivity index (χ4v) is 3.15. The summed E-state index contributed by atoms with van der Waals surface area (Å²) in [5.74, 6) is 1.72. The van der Waals surface area contributed by atoms with Gasteiger partial charge in [0.05, 0.1) is 21.3 Å². The number of halogens is 1. The van der Waals surface area contributed by atoms with Crippen molar-refractivity contribution in [2.75, 3.05) is 27.9 Å². The van der Waals surface area contributed by atoms with E-state index in [4.69, 9.17) is 14.2 Å². The van der Waals surface area contributed by atoms with E-state index in [-0.39, 0.29) is 5.82 Å². The number of likely N-dealkylation sites (tertiary alicyclic amines) is 1. The minimum absolute atomic E-state index is 0.200. The fourth-order valence-electron chi connectivity index (χ4n) is 3.15. The van der Waals surface area contributed by atoms with Gasteiger partial charge < -0.3 is 14.2 Å². The average Bonchev–Trinajstić information content (AvgIpc) is 2.59. The van der Waals surface area contributed by atoms with E-state index in [1.54, 1.807) is 21.3 Å². The molecule has 1 heterocycles. The van der Waals surface area contributed by atoms with Gasteiger partial charge in [-0.2, -0.15) is 0 Å². The van der Waals surface area contributed by atoms with Gasteiger partial charge in [-0.25, -0.2) is 4.39 Å². The maximum Gasteiger partial charge on any atom is 0.203 e. The van der Waals surface area contributed by atoms with Gasteiger partial charge in [-0.05, 0) is 41.8 Å². The quantitative estimate of drug-likeness (QED) is 0.806. The van der Waals surface area contributed by atoms with Crippen LogP contribution in [0.4, 0.5) is 4.39 Å². The Labute approximate surface area is 141 Å². The van der Waals surface area contributed by atoms with Gasteiger partial charge in [0, 0.05) is 19.1 Å². The van der Waals surface area contributed by atoms with Crippen molar-refractivity contribution in [1.82, 2.24) is 4.90 Å². The van der Waals surface area contributed by atoms with Gasteiger partial charge in [-0.15, -0.1) is 0 Å². The van der Waals surface area contributed by atoms with Crippen LogP contribution >= 0.6 is 0 Å². The summed E-state index contributed by atoms with van der Waals surface area (Å²) in [5.41, 5.74) is 2.24. The van der Waals surface area contributed by atoms with Crippen molar-refractivity contribution in [1.29, 1.82) is 0 Å². The smallest absolute Gasteiger partial charge is 0.203 e. The Hall–Kier alpha value is -2.27. The van der Waals surface area contributed by atoms with Gasteiger partial charge in [0.1, 0.15) is 5.82 Å². The molecule has 2 aromatic rings. The number of benzene rings is 2. The largest absolute Gasteiger partial charge is 0.493 e. The molecule has 1 aliphatic rings. The molecule has 5 heteroatoms. The summed E-state index contributed by atoms with van der Waals surface area (Å²) in [7, 11) is 4.83. The summed E-state index contributed by atoms with van der Waals surface area (Å²) in [6, 6.07) is 11.0. The van der Waals surface area contributed by atoms with E-state index in [9.17, 15) is 4.39 Å². The molecule has 4 nitrogen and oxygen atoms in total. The summed E-state index contributed by atoms with van der Waals surface area (Å²) < 4.78 is 29.3. The zero-order chi connectivity index (χ0) is 17.1. The van der Waals surface area contributed by atoms with E-state index in [1.807, 2.05) is 24.3 Å². The highest BCUT2D eigenvalue weighted by molar-refractivity contribution is 5.53. The maximum atomic E-state index is 13.1. The SMILES string of the molecule is COc1cc(CN2CC[C@@H]2c2ccc(F)cc2)cc(OC)c1OC. The molecule has 1 aliphatic heterocycles. The highest BCUT2D eigenvalue weighted by Gasteiger charge is 2.29. The summed E-state index contributed by atoms with van der Waals surface area (Å²) in [6.07, 6.45) is 1.08. The van der Waals surface area contributed by atoms with E-state index in [1.165, 1.54) is 12.1 Å². The summed E-state index contributed by atoms with van der Waals surface area (Å²) in [6.45, 7) is 1.79. The van der Waals surface area contributed by atoms with Crippen LogP contribution in [0, 0.1) is 5.82 Å². The third-order valence-electron chi connectivity index (χ3n) is 4.50. The van der Waals surface area contributed by atoms with Crippen LogP contribution in [0.2, 0.25) is 0 Å². The first kappa shape index (κ1) is 16.6. The topological polar surface area (TPSA) is 30.9 Å². The van der Waals surface area contributed by atoms with Crippen LogP contribution in [0.3, 0.4) is 0 Å². The molecular weight excluding hydrogens is 309 g/mol. The second-order valence-corrected chi connectivity index (χ2v) is 5.86. The molecule has 0 radical (unpaired) electrons. The monoisotopic (exact) mass is 331 g/mol. The fraction of sp³-hybridized carbons (Fsp3) is 0.368. The normalized spacial score (nSPS) is 17.2. The van der Waals surface area contributed by atoms with Crippen LogP contribution in [-0.2, 0) is 6.54 Å². The molecule has 0 aromatic heterocycles. The van der Waals surface area contributed by atoms with Gasteiger partial charge in [-0.1, -0.05) is 12.1 Å². The second kappa shape index (κ2) is 7.09. The highest BCUT2D eigenvalue weighted by atomic mass is 19.1. The molecule has 0 unspecified atom stereocenters. The molecule has 0 aliphatic carbocycles. The molecular formula is C19H22FNO3. The summed E-state index contributed by atoms with van der Waals surface area (Å²) in [4.78, 5) is 2.36. The van der Waals surface area contributed by atoms with Crippen LogP contribution in [0.5, 0.6) is 17.2 Å². The van der Waals surface area contributed by atoms with Gasteiger partial charge in [0.15, 0.2) is 11.5 Å². The molecule has 0 N–H and O–H groups in total. The van der Waals surface area contributed by atoms with Crippen LogP contribution in [0.15, 0.2) is 36.4 Å². The zero-order valence-electron chi connectivity index (χ0n) is 14.2. The van der Waals surface area contributed by atoms with Crippen molar-refractivity contribution in [3.8, 4) is 17.2 Å². The number of nitrogens with zero attached hydrogens (tertiary/aromatic N) is 1. The van der Waals surface area contributed by atoms with Crippen LogP contribution < -0.4 is 14.2 Å². The lowest BCUT2D eigenvalue weighted by atomic mass is 9.94. The average molecular weight is 331 g/mol. The predicted molar refractivity (Wildman–Crippen MR) is 90.3 cm³/mol. The highest BCUT2D eigenvalue weighted by Crippen LogP contribution is 2.40. The number of methoxy groups -OCH3 is 3. The van der Waals surface area contributed by atoms with Crippen molar-refractivity contribution >= 4 is 0 Å². The summed E-state index contributed by atoms with van der Waals surface area (Å²) >= 11 is 0. The van der Waals surface area contributed by atoms with Crippen molar-refractivity contribution in [3.05, 3.63) is 53.3 Å². The van der Waals surface area contributed by atoms with Crippen LogP contribution in [0.25, 0.3) is 0 Å². The Kier molecular flexibility index (Phi) is 4.90. The van der Waals surface area contributed by atoms with Crippen molar-refractivity contribution in [3.63, 3.8) is 0 Å². The molecule has 0 spiro atoms. The van der Waals surface area contributed by atoms with E-state index >= 15 is 0 Å². The van der Waals surface area contributed by atoms with Crippen molar-refractivity contribution < 1.29 is 18.6 Å². The number of hydrogen-bond acceptors (Lipinski definition) is 4. The molecule has 2 aromatic carbocycles. The Morgan fingerprint density at radius 3 is 2.08 bits per heavy atom.